The Balaban J connectivity index is 1.38. The van der Waals surface area contributed by atoms with Gasteiger partial charge in [0.05, 0.1) is 17.6 Å². The van der Waals surface area contributed by atoms with Crippen molar-refractivity contribution in [2.75, 3.05) is 6.61 Å². The molecule has 0 amide bonds. The normalized spacial score (nSPS) is 23.9. The highest BCUT2D eigenvalue weighted by molar-refractivity contribution is 5.80. The lowest BCUT2D eigenvalue weighted by Gasteiger charge is -2.27. The van der Waals surface area contributed by atoms with E-state index in [9.17, 15) is 4.79 Å². The van der Waals surface area contributed by atoms with Gasteiger partial charge in [0, 0.05) is 11.8 Å². The number of hydrogen-bond acceptors (Lipinski definition) is 6. The van der Waals surface area contributed by atoms with Crippen LogP contribution in [-0.4, -0.2) is 34.8 Å². The van der Waals surface area contributed by atoms with Crippen LogP contribution in [0.1, 0.15) is 78.1 Å². The first-order chi connectivity index (χ1) is 16.7. The molecule has 0 N–H and O–H groups in total. The van der Waals surface area contributed by atoms with Crippen molar-refractivity contribution in [1.29, 1.82) is 0 Å². The number of rotatable bonds is 12. The molecule has 2 aromatic rings. The molecule has 6 heteroatoms. The molecule has 0 radical (unpaired) electrons. The summed E-state index contributed by atoms with van der Waals surface area (Å²) in [6, 6.07) is 7.74. The molecular formula is C28H38N2O4. The molecule has 1 aromatic carbocycles. The first-order valence-electron chi connectivity index (χ1n) is 13.1. The second-order valence-corrected chi connectivity index (χ2v) is 9.68. The maximum atomic E-state index is 13.0. The molecule has 0 bridgehead atoms. The molecule has 34 heavy (non-hydrogen) atoms. The Kier molecular flexibility index (Phi) is 8.91. The number of carbonyl (C=O) groups is 1. The van der Waals surface area contributed by atoms with Crippen LogP contribution >= 0.6 is 0 Å². The Hall–Kier alpha value is -2.47. The lowest BCUT2D eigenvalue weighted by Crippen LogP contribution is -2.26. The molecule has 1 aromatic heterocycles. The number of unbranched alkanes of at least 4 members (excludes halogenated alkanes) is 2. The van der Waals surface area contributed by atoms with Gasteiger partial charge in [-0.2, -0.15) is 0 Å². The van der Waals surface area contributed by atoms with Gasteiger partial charge in [-0.15, -0.1) is 0 Å². The third-order valence-corrected chi connectivity index (χ3v) is 7.11. The average Bonchev–Trinajstić information content (AvgIpc) is 3.62. The fourth-order valence-electron chi connectivity index (χ4n) is 4.98. The van der Waals surface area contributed by atoms with Gasteiger partial charge >= 0.3 is 5.97 Å². The highest BCUT2D eigenvalue weighted by atomic mass is 16.6. The van der Waals surface area contributed by atoms with Crippen molar-refractivity contribution in [3.63, 3.8) is 0 Å². The van der Waals surface area contributed by atoms with E-state index in [0.29, 0.717) is 29.9 Å². The second kappa shape index (κ2) is 12.3. The maximum Gasteiger partial charge on any atom is 0.315 e. The number of aromatic nitrogens is 2. The predicted octanol–water partition coefficient (Wildman–Crippen LogP) is 6.38. The highest BCUT2D eigenvalue weighted by Crippen LogP contribution is 2.37. The average molecular weight is 467 g/mol. The van der Waals surface area contributed by atoms with E-state index in [1.807, 2.05) is 24.3 Å². The smallest absolute Gasteiger partial charge is 0.315 e. The molecule has 2 heterocycles. The van der Waals surface area contributed by atoms with E-state index in [1.54, 1.807) is 6.20 Å². The Morgan fingerprint density at radius 3 is 2.62 bits per heavy atom. The first-order valence-corrected chi connectivity index (χ1v) is 13.1. The van der Waals surface area contributed by atoms with Crippen molar-refractivity contribution in [3.05, 3.63) is 36.8 Å². The van der Waals surface area contributed by atoms with Crippen molar-refractivity contribution in [2.45, 2.75) is 90.3 Å². The monoisotopic (exact) mass is 466 g/mol. The van der Waals surface area contributed by atoms with Gasteiger partial charge in [-0.3, -0.25) is 4.79 Å². The van der Waals surface area contributed by atoms with Gasteiger partial charge in [0.15, 0.2) is 0 Å². The van der Waals surface area contributed by atoms with Gasteiger partial charge in [0.2, 0.25) is 5.88 Å². The van der Waals surface area contributed by atoms with Crippen LogP contribution in [0.4, 0.5) is 0 Å². The molecule has 0 unspecified atom stereocenters. The maximum absolute atomic E-state index is 13.0. The zero-order chi connectivity index (χ0) is 23.8. The molecule has 1 aliphatic heterocycles. The summed E-state index contributed by atoms with van der Waals surface area (Å²) in [5, 5.41) is 0. The second-order valence-electron chi connectivity index (χ2n) is 9.68. The van der Waals surface area contributed by atoms with Crippen LogP contribution in [0.2, 0.25) is 0 Å². The number of carbonyl (C=O) groups excluding carboxylic acids is 1. The van der Waals surface area contributed by atoms with E-state index in [2.05, 4.69) is 23.8 Å². The zero-order valence-corrected chi connectivity index (χ0v) is 20.6. The molecule has 1 saturated carbocycles. The van der Waals surface area contributed by atoms with Gasteiger partial charge < -0.3 is 14.2 Å². The SMILES string of the molecule is CCCCC[C@H]1CC[C@H](C(=O)Oc2ncncc2-c2ccccc2OC[C@@H]2O[C@H]2CCC)CC1. The Labute approximate surface area is 203 Å². The van der Waals surface area contributed by atoms with Gasteiger partial charge in [-0.25, -0.2) is 9.97 Å². The van der Waals surface area contributed by atoms with Gasteiger partial charge in [0.1, 0.15) is 24.8 Å². The molecule has 1 saturated heterocycles. The predicted molar refractivity (Wildman–Crippen MR) is 132 cm³/mol. The van der Waals surface area contributed by atoms with Crippen LogP contribution in [0, 0.1) is 11.8 Å². The third-order valence-electron chi connectivity index (χ3n) is 7.11. The molecule has 2 aliphatic rings. The van der Waals surface area contributed by atoms with E-state index in [0.717, 1.165) is 50.0 Å². The Morgan fingerprint density at radius 1 is 1.00 bits per heavy atom. The summed E-state index contributed by atoms with van der Waals surface area (Å²) >= 11 is 0. The van der Waals surface area contributed by atoms with Crippen molar-refractivity contribution in [2.24, 2.45) is 11.8 Å². The number of ether oxygens (including phenoxy) is 3. The number of benzene rings is 1. The van der Waals surface area contributed by atoms with Gasteiger partial charge in [-0.05, 0) is 44.1 Å². The molecule has 4 rings (SSSR count). The zero-order valence-electron chi connectivity index (χ0n) is 20.6. The highest BCUT2D eigenvalue weighted by Gasteiger charge is 2.38. The molecule has 2 fully saturated rings. The molecule has 2 atom stereocenters. The lowest BCUT2D eigenvalue weighted by atomic mass is 9.80. The Morgan fingerprint density at radius 2 is 1.82 bits per heavy atom. The topological polar surface area (TPSA) is 73.8 Å². The third kappa shape index (κ3) is 6.56. The minimum absolute atomic E-state index is 0.0563. The van der Waals surface area contributed by atoms with Gasteiger partial charge in [-0.1, -0.05) is 64.2 Å². The summed E-state index contributed by atoms with van der Waals surface area (Å²) in [7, 11) is 0. The van der Waals surface area contributed by atoms with Crippen molar-refractivity contribution >= 4 is 5.97 Å². The lowest BCUT2D eigenvalue weighted by molar-refractivity contribution is -0.140. The van der Waals surface area contributed by atoms with Crippen LogP contribution in [-0.2, 0) is 9.53 Å². The van der Waals surface area contributed by atoms with Crippen LogP contribution < -0.4 is 9.47 Å². The van der Waals surface area contributed by atoms with E-state index in [4.69, 9.17) is 14.2 Å². The molecule has 1 aliphatic carbocycles. The van der Waals surface area contributed by atoms with Crippen molar-refractivity contribution in [3.8, 4) is 22.8 Å². The van der Waals surface area contributed by atoms with Crippen LogP contribution in [0.5, 0.6) is 11.6 Å². The molecule has 6 nitrogen and oxygen atoms in total. The van der Waals surface area contributed by atoms with E-state index in [1.165, 1.54) is 32.0 Å². The van der Waals surface area contributed by atoms with Crippen LogP contribution in [0.15, 0.2) is 36.8 Å². The number of esters is 1. The van der Waals surface area contributed by atoms with Crippen molar-refractivity contribution in [1.82, 2.24) is 9.97 Å². The standard InChI is InChI=1S/C28H38N2O4/c1-3-5-6-10-20-13-15-21(16-14-20)28(31)34-27-23(17-29-19-30-27)22-11-7-8-12-24(22)32-18-26-25(33-26)9-4-2/h7-8,11-12,17,19-21,25-26H,3-6,9-10,13-16,18H2,1-2H3/t20-,21-,25-,26-/m0/s1. The number of nitrogens with zero attached hydrogens (tertiary/aromatic N) is 2. The summed E-state index contributed by atoms with van der Waals surface area (Å²) in [5.74, 6) is 1.53. The Bertz CT molecular complexity index is 926. The summed E-state index contributed by atoms with van der Waals surface area (Å²) < 4.78 is 17.6. The summed E-state index contributed by atoms with van der Waals surface area (Å²) in [6.45, 7) is 4.90. The quantitative estimate of drug-likeness (QED) is 0.205. The largest absolute Gasteiger partial charge is 0.490 e. The first kappa shape index (κ1) is 24.6. The number of para-hydroxylation sites is 1. The van der Waals surface area contributed by atoms with Crippen LogP contribution in [0.3, 0.4) is 0 Å². The van der Waals surface area contributed by atoms with Crippen LogP contribution in [0.25, 0.3) is 11.1 Å². The van der Waals surface area contributed by atoms with E-state index >= 15 is 0 Å². The fraction of sp³-hybridized carbons (Fsp3) is 0.607. The fourth-order valence-corrected chi connectivity index (χ4v) is 4.98. The molecule has 0 spiro atoms. The summed E-state index contributed by atoms with van der Waals surface area (Å²) in [5.41, 5.74) is 1.49. The number of hydrogen-bond donors (Lipinski definition) is 0. The van der Waals surface area contributed by atoms with Crippen molar-refractivity contribution < 1.29 is 19.0 Å². The van der Waals surface area contributed by atoms with E-state index in [-0.39, 0.29) is 18.0 Å². The summed E-state index contributed by atoms with van der Waals surface area (Å²) in [6.07, 6.45) is 14.9. The van der Waals surface area contributed by atoms with Gasteiger partial charge in [0.25, 0.3) is 0 Å². The minimum Gasteiger partial charge on any atom is -0.490 e. The summed E-state index contributed by atoms with van der Waals surface area (Å²) in [4.78, 5) is 21.5. The molecular weight excluding hydrogens is 428 g/mol. The minimum atomic E-state index is -0.181. The van der Waals surface area contributed by atoms with E-state index < -0.39 is 0 Å². The molecule has 184 valence electrons. The number of epoxide rings is 1.